The van der Waals surface area contributed by atoms with E-state index in [9.17, 15) is 18.7 Å². The van der Waals surface area contributed by atoms with Crippen LogP contribution in [0.15, 0.2) is 41.1 Å². The number of carbonyl (C=O) groups excluding carboxylic acids is 2. The van der Waals surface area contributed by atoms with Crippen molar-refractivity contribution in [1.82, 2.24) is 34.3 Å². The van der Waals surface area contributed by atoms with Crippen LogP contribution in [-0.4, -0.2) is 112 Å². The van der Waals surface area contributed by atoms with E-state index < -0.39 is 27.1 Å². The van der Waals surface area contributed by atoms with Crippen molar-refractivity contribution in [3.63, 3.8) is 0 Å². The van der Waals surface area contributed by atoms with Gasteiger partial charge in [-0.15, -0.1) is 0 Å². The Morgan fingerprint density at radius 3 is 1.37 bits per heavy atom. The summed E-state index contributed by atoms with van der Waals surface area (Å²) in [4.78, 5) is 32.8. The van der Waals surface area contributed by atoms with E-state index in [0.717, 1.165) is 0 Å². The number of esters is 2. The molecular weight excluding hydrogens is 772 g/mol. The third kappa shape index (κ3) is 13.9. The van der Waals surface area contributed by atoms with E-state index in [1.807, 2.05) is 0 Å². The molecule has 0 aliphatic carbocycles. The van der Waals surface area contributed by atoms with E-state index in [2.05, 4.69) is 26.1 Å². The summed E-state index contributed by atoms with van der Waals surface area (Å²) in [6, 6.07) is 7.08. The lowest BCUT2D eigenvalue weighted by Gasteiger charge is -2.25. The zero-order valence-corrected chi connectivity index (χ0v) is 33.3. The first kappa shape index (κ1) is 42.6. The molecule has 284 valence electrons. The number of rotatable bonds is 24. The normalized spacial score (nSPS) is 12.2. The predicted octanol–water partition coefficient (Wildman–Crippen LogP) is 5.39. The first-order valence-electron chi connectivity index (χ1n) is 16.7. The standard InChI is InChI=1S/C31H48BrN7O10P2/c1-7-44-30(40)21-36(23-50(42,46-9-3)47-10-4)19-26-13-15-38(34-26)28-17-25(32)18-29(33-28)39-16-14-27(35-39)20-37(22-31(41)45-8-2)24-51(43,48-11-5)49-12-6/h13-18H,7-12,19-24H2,1-6H3. The van der Waals surface area contributed by atoms with E-state index in [1.54, 1.807) is 97.4 Å². The van der Waals surface area contributed by atoms with Crippen LogP contribution >= 0.6 is 31.1 Å². The molecule has 0 amide bonds. The summed E-state index contributed by atoms with van der Waals surface area (Å²) in [5, 5.41) is 9.32. The molecule has 0 atom stereocenters. The maximum Gasteiger partial charge on any atom is 0.344 e. The molecule has 0 aliphatic heterocycles. The van der Waals surface area contributed by atoms with E-state index in [0.29, 0.717) is 27.5 Å². The topological polar surface area (TPSA) is 179 Å². The molecule has 17 nitrogen and oxygen atoms in total. The highest BCUT2D eigenvalue weighted by molar-refractivity contribution is 9.10. The summed E-state index contributed by atoms with van der Waals surface area (Å²) < 4.78 is 62.5. The van der Waals surface area contributed by atoms with Gasteiger partial charge in [0, 0.05) is 30.0 Å². The second kappa shape index (κ2) is 21.0. The Kier molecular flexibility index (Phi) is 17.6. The average Bonchev–Trinajstić information content (AvgIpc) is 3.71. The number of pyridine rings is 1. The molecule has 0 spiro atoms. The summed E-state index contributed by atoms with van der Waals surface area (Å²) in [6.45, 7) is 11.5. The van der Waals surface area contributed by atoms with Crippen molar-refractivity contribution in [3.8, 4) is 11.6 Å². The summed E-state index contributed by atoms with van der Waals surface area (Å²) in [6.07, 6.45) is 3.18. The van der Waals surface area contributed by atoms with E-state index in [-0.39, 0.29) is 78.4 Å². The number of nitrogens with zero attached hydrogens (tertiary/aromatic N) is 7. The fourth-order valence-corrected chi connectivity index (χ4v) is 8.75. The zero-order valence-electron chi connectivity index (χ0n) is 29.9. The molecular formula is C31H48BrN7O10P2. The highest BCUT2D eigenvalue weighted by atomic mass is 79.9. The minimum Gasteiger partial charge on any atom is -0.465 e. The largest absolute Gasteiger partial charge is 0.465 e. The highest BCUT2D eigenvalue weighted by Gasteiger charge is 2.30. The number of aromatic nitrogens is 5. The molecule has 51 heavy (non-hydrogen) atoms. The van der Waals surface area contributed by atoms with Gasteiger partial charge in [-0.3, -0.25) is 28.5 Å². The number of hydrogen-bond donors (Lipinski definition) is 0. The monoisotopic (exact) mass is 819 g/mol. The van der Waals surface area contributed by atoms with Gasteiger partial charge in [0.25, 0.3) is 0 Å². The third-order valence-electron chi connectivity index (χ3n) is 6.66. The summed E-state index contributed by atoms with van der Waals surface area (Å²) in [5.74, 6) is -0.0237. The van der Waals surface area contributed by atoms with Gasteiger partial charge in [0.1, 0.15) is 12.6 Å². The third-order valence-corrected chi connectivity index (χ3v) is 11.2. The number of carbonyl (C=O) groups is 2. The van der Waals surface area contributed by atoms with Crippen molar-refractivity contribution in [3.05, 3.63) is 52.5 Å². The Labute approximate surface area is 307 Å². The van der Waals surface area contributed by atoms with Crippen molar-refractivity contribution in [2.45, 2.75) is 54.6 Å². The molecule has 0 unspecified atom stereocenters. The molecule has 3 aromatic rings. The lowest BCUT2D eigenvalue weighted by Crippen LogP contribution is -2.32. The minimum atomic E-state index is -3.52. The molecule has 0 bridgehead atoms. The van der Waals surface area contributed by atoms with Gasteiger partial charge in [-0.1, -0.05) is 15.9 Å². The Morgan fingerprint density at radius 2 is 1.04 bits per heavy atom. The van der Waals surface area contributed by atoms with Crippen LogP contribution < -0.4 is 0 Å². The van der Waals surface area contributed by atoms with Crippen LogP contribution in [0, 0.1) is 0 Å². The number of ether oxygens (including phenoxy) is 2. The maximum atomic E-state index is 13.3. The molecule has 0 aliphatic rings. The Morgan fingerprint density at radius 1 is 0.667 bits per heavy atom. The smallest absolute Gasteiger partial charge is 0.344 e. The van der Waals surface area contributed by atoms with Crippen molar-refractivity contribution >= 4 is 43.1 Å². The molecule has 3 aromatic heterocycles. The molecule has 3 rings (SSSR count). The van der Waals surface area contributed by atoms with Gasteiger partial charge >= 0.3 is 27.1 Å². The van der Waals surface area contributed by atoms with E-state index in [1.165, 1.54) is 0 Å². The lowest BCUT2D eigenvalue weighted by molar-refractivity contribution is -0.145. The van der Waals surface area contributed by atoms with E-state index in [4.69, 9.17) is 32.6 Å². The molecule has 0 aromatic carbocycles. The maximum absolute atomic E-state index is 13.3. The van der Waals surface area contributed by atoms with Crippen molar-refractivity contribution in [2.24, 2.45) is 0 Å². The second-order valence-corrected chi connectivity index (χ2v) is 15.7. The minimum absolute atomic E-state index is 0.132. The van der Waals surface area contributed by atoms with Gasteiger partial charge in [-0.05, 0) is 65.8 Å². The van der Waals surface area contributed by atoms with Crippen LogP contribution in [0.5, 0.6) is 0 Å². The molecule has 0 saturated carbocycles. The Bertz CT molecular complexity index is 1520. The SMILES string of the molecule is CCOC(=O)CN(Cc1ccn(-c2cc(Br)cc(-n3ccc(CN(CC(=O)OCC)CP(=O)(OCC)OCC)n3)n2)n1)CP(=O)(OCC)OCC. The summed E-state index contributed by atoms with van der Waals surface area (Å²) in [5.41, 5.74) is 1.14. The predicted molar refractivity (Wildman–Crippen MR) is 192 cm³/mol. The molecule has 3 heterocycles. The van der Waals surface area contributed by atoms with Gasteiger partial charge in [-0.25, -0.2) is 14.3 Å². The van der Waals surface area contributed by atoms with Crippen molar-refractivity contribution in [2.75, 3.05) is 65.3 Å². The zero-order chi connectivity index (χ0) is 37.4. The number of hydrogen-bond acceptors (Lipinski definition) is 15. The van der Waals surface area contributed by atoms with Crippen molar-refractivity contribution in [1.29, 1.82) is 0 Å². The first-order valence-corrected chi connectivity index (χ1v) is 20.9. The van der Waals surface area contributed by atoms with Gasteiger partial charge in [0.05, 0.1) is 64.1 Å². The van der Waals surface area contributed by atoms with Crippen LogP contribution in [0.25, 0.3) is 11.6 Å². The van der Waals surface area contributed by atoms with Crippen LogP contribution in [0.2, 0.25) is 0 Å². The fourth-order valence-electron chi connectivity index (χ4n) is 4.92. The summed E-state index contributed by atoms with van der Waals surface area (Å²) in [7, 11) is -7.04. The fraction of sp³-hybridized carbons (Fsp3) is 0.581. The van der Waals surface area contributed by atoms with Gasteiger partial charge in [0.15, 0.2) is 11.6 Å². The Hall–Kier alpha value is -2.79. The van der Waals surface area contributed by atoms with Crippen LogP contribution in [0.3, 0.4) is 0 Å². The average molecular weight is 821 g/mol. The first-order chi connectivity index (χ1) is 24.4. The van der Waals surface area contributed by atoms with Crippen molar-refractivity contribution < 1.29 is 46.3 Å². The molecule has 0 radical (unpaired) electrons. The number of halogens is 1. The van der Waals surface area contributed by atoms with Crippen LogP contribution in [0.1, 0.15) is 52.9 Å². The van der Waals surface area contributed by atoms with Crippen LogP contribution in [0.4, 0.5) is 0 Å². The Balaban J connectivity index is 1.84. The summed E-state index contributed by atoms with van der Waals surface area (Å²) >= 11 is 3.55. The molecule has 0 saturated heterocycles. The quantitative estimate of drug-likeness (QED) is 0.0829. The van der Waals surface area contributed by atoms with Gasteiger partial charge < -0.3 is 27.6 Å². The molecule has 0 fully saturated rings. The van der Waals surface area contributed by atoms with Gasteiger partial charge in [0.2, 0.25) is 0 Å². The second-order valence-electron chi connectivity index (χ2n) is 10.8. The molecule has 20 heteroatoms. The lowest BCUT2D eigenvalue weighted by atomic mass is 10.4. The molecule has 0 N–H and O–H groups in total. The van der Waals surface area contributed by atoms with Gasteiger partial charge in [-0.2, -0.15) is 10.2 Å². The highest BCUT2D eigenvalue weighted by Crippen LogP contribution is 2.49. The van der Waals surface area contributed by atoms with Crippen LogP contribution in [-0.2, 0) is 59.4 Å². The van der Waals surface area contributed by atoms with E-state index >= 15 is 0 Å².